The molecule has 0 spiro atoms. The van der Waals surface area contributed by atoms with Gasteiger partial charge in [-0.3, -0.25) is 9.88 Å². The average Bonchev–Trinajstić information content (AvgIpc) is 2.73. The van der Waals surface area contributed by atoms with E-state index >= 15 is 0 Å². The molecule has 0 aliphatic carbocycles. The molecule has 2 N–H and O–H groups in total. The Bertz CT molecular complexity index is 735. The second-order valence-corrected chi connectivity index (χ2v) is 6.04. The Labute approximate surface area is 161 Å². The standard InChI is InChI=1S/C19H22N4O2.C2H6/c20-11-15-2-4-19(22-14-24)17(9-15)10-18-3-1-16(12-21-18)13-23-5-7-25-8-6-23;1-2/h1-4,9,12,22,24H,5-8,10,13-14H2;1-2H3. The minimum absolute atomic E-state index is 0.148. The topological polar surface area (TPSA) is 81.4 Å². The van der Waals surface area contributed by atoms with Crippen molar-refractivity contribution < 1.29 is 9.84 Å². The Hall–Kier alpha value is -2.46. The zero-order valence-corrected chi connectivity index (χ0v) is 16.1. The number of aliphatic hydroxyl groups excluding tert-OH is 1. The number of pyridine rings is 1. The molecule has 3 rings (SSSR count). The van der Waals surface area contributed by atoms with Crippen molar-refractivity contribution in [3.05, 3.63) is 58.9 Å². The van der Waals surface area contributed by atoms with Gasteiger partial charge in [-0.25, -0.2) is 0 Å². The van der Waals surface area contributed by atoms with Crippen LogP contribution in [0.1, 0.15) is 36.2 Å². The van der Waals surface area contributed by atoms with Gasteiger partial charge in [-0.1, -0.05) is 19.9 Å². The predicted molar refractivity (Wildman–Crippen MR) is 106 cm³/mol. The van der Waals surface area contributed by atoms with Crippen molar-refractivity contribution in [3.8, 4) is 6.07 Å². The highest BCUT2D eigenvalue weighted by Crippen LogP contribution is 2.20. The maximum absolute atomic E-state index is 9.12. The van der Waals surface area contributed by atoms with E-state index in [9.17, 15) is 0 Å². The van der Waals surface area contributed by atoms with Gasteiger partial charge in [0.2, 0.25) is 0 Å². The van der Waals surface area contributed by atoms with E-state index in [1.165, 1.54) is 5.56 Å². The number of hydrogen-bond donors (Lipinski definition) is 2. The first-order chi connectivity index (χ1) is 13.3. The summed E-state index contributed by atoms with van der Waals surface area (Å²) in [4.78, 5) is 6.93. The molecule has 6 heteroatoms. The smallest absolute Gasteiger partial charge is 0.113 e. The third kappa shape index (κ3) is 6.33. The average molecular weight is 368 g/mol. The fourth-order valence-corrected chi connectivity index (χ4v) is 2.93. The molecule has 6 nitrogen and oxygen atoms in total. The molecule has 0 atom stereocenters. The van der Waals surface area contributed by atoms with E-state index in [4.69, 9.17) is 15.1 Å². The molecular formula is C21H28N4O2. The maximum atomic E-state index is 9.12. The molecule has 0 bridgehead atoms. The molecule has 1 aromatic carbocycles. The summed E-state index contributed by atoms with van der Waals surface area (Å²) in [7, 11) is 0. The Morgan fingerprint density at radius 1 is 1.22 bits per heavy atom. The molecule has 0 unspecified atom stereocenters. The lowest BCUT2D eigenvalue weighted by Crippen LogP contribution is -2.35. The van der Waals surface area contributed by atoms with Crippen LogP contribution in [0.4, 0.5) is 5.69 Å². The molecule has 0 saturated carbocycles. The zero-order chi connectivity index (χ0) is 19.5. The van der Waals surface area contributed by atoms with Crippen molar-refractivity contribution >= 4 is 5.69 Å². The predicted octanol–water partition coefficient (Wildman–Crippen LogP) is 2.76. The Kier molecular flexibility index (Phi) is 8.72. The lowest BCUT2D eigenvalue weighted by molar-refractivity contribution is 0.0341. The lowest BCUT2D eigenvalue weighted by Gasteiger charge is -2.26. The molecule has 144 valence electrons. The summed E-state index contributed by atoms with van der Waals surface area (Å²) in [5.41, 5.74) is 4.48. The normalized spacial score (nSPS) is 14.0. The van der Waals surface area contributed by atoms with Gasteiger partial charge in [-0.15, -0.1) is 0 Å². The summed E-state index contributed by atoms with van der Waals surface area (Å²) < 4.78 is 5.37. The summed E-state index contributed by atoms with van der Waals surface area (Å²) in [5, 5.41) is 21.1. The molecule has 2 heterocycles. The number of nitrogens with one attached hydrogen (secondary N) is 1. The first-order valence-electron chi connectivity index (χ1n) is 9.40. The Morgan fingerprint density at radius 3 is 2.63 bits per heavy atom. The largest absolute Gasteiger partial charge is 0.379 e. The number of aromatic nitrogens is 1. The molecule has 0 radical (unpaired) electrons. The van der Waals surface area contributed by atoms with Crippen LogP contribution in [0.2, 0.25) is 0 Å². The summed E-state index contributed by atoms with van der Waals surface area (Å²) in [6.07, 6.45) is 2.52. The lowest BCUT2D eigenvalue weighted by atomic mass is 10.0. The summed E-state index contributed by atoms with van der Waals surface area (Å²) >= 11 is 0. The monoisotopic (exact) mass is 368 g/mol. The third-order valence-corrected chi connectivity index (χ3v) is 4.27. The first kappa shape index (κ1) is 20.8. The van der Waals surface area contributed by atoms with Crippen LogP contribution in [-0.2, 0) is 17.7 Å². The van der Waals surface area contributed by atoms with E-state index < -0.39 is 0 Å². The van der Waals surface area contributed by atoms with Crippen molar-refractivity contribution in [1.29, 1.82) is 5.26 Å². The van der Waals surface area contributed by atoms with Gasteiger partial charge in [0, 0.05) is 43.6 Å². The van der Waals surface area contributed by atoms with E-state index in [2.05, 4.69) is 27.3 Å². The number of hydrogen-bond acceptors (Lipinski definition) is 6. The summed E-state index contributed by atoms with van der Waals surface area (Å²) in [6, 6.07) is 11.7. The Balaban J connectivity index is 0.00000126. The minimum atomic E-state index is -0.148. The van der Waals surface area contributed by atoms with Gasteiger partial charge in [0.1, 0.15) is 6.73 Å². The molecular weight excluding hydrogens is 340 g/mol. The van der Waals surface area contributed by atoms with Crippen molar-refractivity contribution in [2.75, 3.05) is 38.4 Å². The molecule has 1 aromatic heterocycles. The molecule has 1 aliphatic rings. The summed E-state index contributed by atoms with van der Waals surface area (Å²) in [5.74, 6) is 0. The second kappa shape index (κ2) is 11.3. The number of aliphatic hydroxyl groups is 1. The van der Waals surface area contributed by atoms with E-state index in [0.717, 1.165) is 49.8 Å². The van der Waals surface area contributed by atoms with Gasteiger partial charge in [0.15, 0.2) is 0 Å². The van der Waals surface area contributed by atoms with Gasteiger partial charge in [-0.05, 0) is 35.4 Å². The van der Waals surface area contributed by atoms with Gasteiger partial charge in [-0.2, -0.15) is 5.26 Å². The maximum Gasteiger partial charge on any atom is 0.113 e. The fourth-order valence-electron chi connectivity index (χ4n) is 2.93. The highest BCUT2D eigenvalue weighted by Gasteiger charge is 2.11. The third-order valence-electron chi connectivity index (χ3n) is 4.27. The highest BCUT2D eigenvalue weighted by atomic mass is 16.5. The van der Waals surface area contributed by atoms with E-state index in [0.29, 0.717) is 12.0 Å². The Morgan fingerprint density at radius 2 is 2.00 bits per heavy atom. The van der Waals surface area contributed by atoms with Crippen LogP contribution in [0.5, 0.6) is 0 Å². The number of nitrogens with zero attached hydrogens (tertiary/aromatic N) is 3. The van der Waals surface area contributed by atoms with Gasteiger partial charge >= 0.3 is 0 Å². The number of morpholine rings is 1. The van der Waals surface area contributed by atoms with Crippen LogP contribution < -0.4 is 5.32 Å². The van der Waals surface area contributed by atoms with Crippen LogP contribution >= 0.6 is 0 Å². The van der Waals surface area contributed by atoms with Crippen LogP contribution in [0.15, 0.2) is 36.5 Å². The van der Waals surface area contributed by atoms with Crippen molar-refractivity contribution in [3.63, 3.8) is 0 Å². The molecule has 27 heavy (non-hydrogen) atoms. The molecule has 1 fully saturated rings. The molecule has 2 aromatic rings. The van der Waals surface area contributed by atoms with E-state index in [1.807, 2.05) is 38.2 Å². The van der Waals surface area contributed by atoms with Crippen LogP contribution in [-0.4, -0.2) is 48.0 Å². The van der Waals surface area contributed by atoms with Crippen LogP contribution in [0.25, 0.3) is 0 Å². The number of anilines is 1. The van der Waals surface area contributed by atoms with Crippen LogP contribution in [0, 0.1) is 11.3 Å². The first-order valence-corrected chi connectivity index (χ1v) is 9.40. The zero-order valence-electron chi connectivity index (χ0n) is 16.1. The molecule has 0 amide bonds. The fraction of sp³-hybridized carbons (Fsp3) is 0.429. The van der Waals surface area contributed by atoms with Crippen molar-refractivity contribution in [2.24, 2.45) is 0 Å². The minimum Gasteiger partial charge on any atom is -0.379 e. The quantitative estimate of drug-likeness (QED) is 0.763. The summed E-state index contributed by atoms with van der Waals surface area (Å²) in [6.45, 7) is 8.24. The SMILES string of the molecule is CC.N#Cc1ccc(NCO)c(Cc2ccc(CN3CCOCC3)cn2)c1. The van der Waals surface area contributed by atoms with Gasteiger partial charge in [0.25, 0.3) is 0 Å². The van der Waals surface area contributed by atoms with Gasteiger partial charge in [0.05, 0.1) is 24.8 Å². The van der Waals surface area contributed by atoms with Crippen molar-refractivity contribution in [1.82, 2.24) is 9.88 Å². The van der Waals surface area contributed by atoms with Crippen LogP contribution in [0.3, 0.4) is 0 Å². The number of benzene rings is 1. The van der Waals surface area contributed by atoms with E-state index in [1.54, 1.807) is 6.07 Å². The van der Waals surface area contributed by atoms with E-state index in [-0.39, 0.29) is 6.73 Å². The van der Waals surface area contributed by atoms with Crippen molar-refractivity contribution in [2.45, 2.75) is 26.8 Å². The highest BCUT2D eigenvalue weighted by molar-refractivity contribution is 5.55. The van der Waals surface area contributed by atoms with Gasteiger partial charge < -0.3 is 15.2 Å². The number of ether oxygens (including phenoxy) is 1. The molecule has 1 aliphatic heterocycles. The second-order valence-electron chi connectivity index (χ2n) is 6.04. The number of nitriles is 1. The molecule has 1 saturated heterocycles. The number of rotatable bonds is 6.